The Morgan fingerprint density at radius 3 is 3.05 bits per heavy atom. The van der Waals surface area contributed by atoms with E-state index in [2.05, 4.69) is 15.1 Å². The summed E-state index contributed by atoms with van der Waals surface area (Å²) in [5, 5.41) is 3.96. The Balaban J connectivity index is 1.86. The molecular formula is C14H16N4O2S. The van der Waals surface area contributed by atoms with Gasteiger partial charge in [-0.2, -0.15) is 0 Å². The maximum atomic E-state index is 5.62. The molecule has 0 aliphatic carbocycles. The van der Waals surface area contributed by atoms with E-state index in [9.17, 15) is 0 Å². The number of ether oxygens (including phenoxy) is 2. The largest absolute Gasteiger partial charge is 0.491 e. The highest BCUT2D eigenvalue weighted by Crippen LogP contribution is 2.22. The molecule has 0 bridgehead atoms. The number of hydrogen-bond acceptors (Lipinski definition) is 5. The Labute approximate surface area is 126 Å². The van der Waals surface area contributed by atoms with Gasteiger partial charge in [-0.05, 0) is 18.4 Å². The third-order valence-corrected chi connectivity index (χ3v) is 3.57. The number of fused-ring (bicyclic) bond motifs is 1. The van der Waals surface area contributed by atoms with Gasteiger partial charge in [-0.25, -0.2) is 14.6 Å². The second-order valence-corrected chi connectivity index (χ2v) is 5.15. The van der Waals surface area contributed by atoms with Crippen LogP contribution in [0.1, 0.15) is 0 Å². The average Bonchev–Trinajstić information content (AvgIpc) is 2.49. The van der Waals surface area contributed by atoms with Gasteiger partial charge < -0.3 is 9.47 Å². The van der Waals surface area contributed by atoms with Crippen LogP contribution in [0.25, 0.3) is 16.9 Å². The molecule has 6 nitrogen and oxygen atoms in total. The van der Waals surface area contributed by atoms with Gasteiger partial charge in [-0.1, -0.05) is 17.8 Å². The number of H-pyrrole nitrogens is 1. The first-order valence-corrected chi connectivity index (χ1v) is 7.74. The lowest BCUT2D eigenvalue weighted by Gasteiger charge is -2.16. The lowest BCUT2D eigenvalue weighted by atomic mass is 10.3. The van der Waals surface area contributed by atoms with Crippen LogP contribution < -0.4 is 4.74 Å². The molecule has 7 heteroatoms. The fourth-order valence-corrected chi connectivity index (χ4v) is 2.30. The number of aromatic nitrogens is 4. The average molecular weight is 304 g/mol. The fourth-order valence-electron chi connectivity index (χ4n) is 1.97. The van der Waals surface area contributed by atoms with E-state index in [1.54, 1.807) is 13.3 Å². The lowest BCUT2D eigenvalue weighted by Crippen LogP contribution is -2.11. The molecular weight excluding hydrogens is 288 g/mol. The van der Waals surface area contributed by atoms with E-state index in [0.717, 1.165) is 27.8 Å². The van der Waals surface area contributed by atoms with E-state index in [1.165, 1.54) is 11.8 Å². The van der Waals surface area contributed by atoms with Crippen LogP contribution in [0.4, 0.5) is 0 Å². The predicted octanol–water partition coefficient (Wildman–Crippen LogP) is 2.50. The molecule has 1 N–H and O–H groups in total. The fraction of sp³-hybridized carbons (Fsp3) is 0.286. The summed E-state index contributed by atoms with van der Waals surface area (Å²) in [5.74, 6) is 0.805. The Hall–Kier alpha value is -1.99. The summed E-state index contributed by atoms with van der Waals surface area (Å²) in [6, 6.07) is 7.84. The van der Waals surface area contributed by atoms with E-state index in [1.807, 2.05) is 35.2 Å². The normalized spacial score (nSPS) is 11.1. The van der Waals surface area contributed by atoms with Crippen LogP contribution in [0.2, 0.25) is 0 Å². The molecule has 0 saturated carbocycles. The monoisotopic (exact) mass is 304 g/mol. The molecule has 3 rings (SSSR count). The standard InChI is InChI=1S/C14H16N4O2S/c1-19-6-7-20-11-5-3-4-10(8-11)18-13-12(17-18)9-15-14(16-13)21-2/h3-5,8-9,17H,6-7H2,1-2H3. The van der Waals surface area contributed by atoms with Crippen LogP contribution in [-0.4, -0.2) is 46.3 Å². The summed E-state index contributed by atoms with van der Waals surface area (Å²) in [5.41, 5.74) is 2.78. The third-order valence-electron chi connectivity index (χ3n) is 3.01. The van der Waals surface area contributed by atoms with Crippen molar-refractivity contribution < 1.29 is 9.47 Å². The Kier molecular flexibility index (Phi) is 4.12. The van der Waals surface area contributed by atoms with Gasteiger partial charge in [0.05, 0.1) is 18.5 Å². The van der Waals surface area contributed by atoms with Gasteiger partial charge in [-0.15, -0.1) is 0 Å². The number of aromatic amines is 1. The molecule has 21 heavy (non-hydrogen) atoms. The molecule has 0 aliphatic heterocycles. The third kappa shape index (κ3) is 2.88. The van der Waals surface area contributed by atoms with Gasteiger partial charge >= 0.3 is 0 Å². The van der Waals surface area contributed by atoms with Crippen LogP contribution in [0.3, 0.4) is 0 Å². The molecule has 0 fully saturated rings. The zero-order chi connectivity index (χ0) is 14.7. The van der Waals surface area contributed by atoms with Crippen LogP contribution in [0.15, 0.2) is 35.6 Å². The van der Waals surface area contributed by atoms with Crippen LogP contribution in [-0.2, 0) is 4.74 Å². The zero-order valence-electron chi connectivity index (χ0n) is 11.9. The summed E-state index contributed by atoms with van der Waals surface area (Å²) >= 11 is 1.52. The van der Waals surface area contributed by atoms with Gasteiger partial charge in [0, 0.05) is 13.2 Å². The van der Waals surface area contributed by atoms with Crippen molar-refractivity contribution in [3.05, 3.63) is 30.5 Å². The zero-order valence-corrected chi connectivity index (χ0v) is 12.7. The van der Waals surface area contributed by atoms with Crippen molar-refractivity contribution in [3.63, 3.8) is 0 Å². The van der Waals surface area contributed by atoms with Crippen LogP contribution in [0.5, 0.6) is 5.75 Å². The molecule has 0 spiro atoms. The SMILES string of the molecule is COCCOc1cccc(-n2[nH]c3cnc(SC)nc32)c1. The number of methoxy groups -OCH3 is 1. The summed E-state index contributed by atoms with van der Waals surface area (Å²) in [6.07, 6.45) is 3.76. The molecule has 0 radical (unpaired) electrons. The lowest BCUT2D eigenvalue weighted by molar-refractivity contribution is 0.146. The number of benzene rings is 1. The van der Waals surface area contributed by atoms with Crippen LogP contribution in [0, 0.1) is 0 Å². The number of nitrogens with one attached hydrogen (secondary N) is 1. The van der Waals surface area contributed by atoms with E-state index in [-0.39, 0.29) is 0 Å². The first-order chi connectivity index (χ1) is 10.3. The molecule has 0 amide bonds. The van der Waals surface area contributed by atoms with E-state index in [0.29, 0.717) is 13.2 Å². The highest BCUT2D eigenvalue weighted by atomic mass is 32.2. The van der Waals surface area contributed by atoms with Gasteiger partial charge in [-0.3, -0.25) is 5.10 Å². The number of hydrogen-bond donors (Lipinski definition) is 1. The highest BCUT2D eigenvalue weighted by molar-refractivity contribution is 7.98. The highest BCUT2D eigenvalue weighted by Gasteiger charge is 2.11. The Morgan fingerprint density at radius 1 is 1.33 bits per heavy atom. The summed E-state index contributed by atoms with van der Waals surface area (Å²) in [4.78, 5) is 8.72. The molecule has 0 unspecified atom stereocenters. The molecule has 0 saturated heterocycles. The quantitative estimate of drug-likeness (QED) is 0.430. The van der Waals surface area contributed by atoms with E-state index >= 15 is 0 Å². The van der Waals surface area contributed by atoms with Gasteiger partial charge in [0.25, 0.3) is 0 Å². The summed E-state index contributed by atoms with van der Waals surface area (Å²) in [7, 11) is 1.66. The van der Waals surface area contributed by atoms with Crippen molar-refractivity contribution in [2.24, 2.45) is 0 Å². The van der Waals surface area contributed by atoms with Gasteiger partial charge in [0.1, 0.15) is 17.9 Å². The summed E-state index contributed by atoms with van der Waals surface area (Å²) in [6.45, 7) is 1.10. The second kappa shape index (κ2) is 6.19. The first kappa shape index (κ1) is 14.0. The van der Waals surface area contributed by atoms with Crippen molar-refractivity contribution in [1.29, 1.82) is 0 Å². The number of nitrogens with zero attached hydrogens (tertiary/aromatic N) is 3. The second-order valence-electron chi connectivity index (χ2n) is 4.38. The molecule has 2 heterocycles. The Bertz CT molecular complexity index is 737. The predicted molar refractivity (Wildman–Crippen MR) is 82.4 cm³/mol. The van der Waals surface area contributed by atoms with E-state index in [4.69, 9.17) is 9.47 Å². The molecule has 0 atom stereocenters. The van der Waals surface area contributed by atoms with Crippen molar-refractivity contribution in [2.75, 3.05) is 26.6 Å². The molecule has 110 valence electrons. The minimum absolute atomic E-state index is 0.531. The van der Waals surface area contributed by atoms with Crippen molar-refractivity contribution >= 4 is 22.9 Å². The molecule has 2 aromatic heterocycles. The van der Waals surface area contributed by atoms with E-state index < -0.39 is 0 Å². The van der Waals surface area contributed by atoms with Gasteiger partial charge in [0.2, 0.25) is 0 Å². The van der Waals surface area contributed by atoms with Crippen molar-refractivity contribution in [2.45, 2.75) is 5.16 Å². The molecule has 1 aromatic carbocycles. The minimum Gasteiger partial charge on any atom is -0.491 e. The maximum absolute atomic E-state index is 5.62. The molecule has 3 aromatic rings. The van der Waals surface area contributed by atoms with Crippen LogP contribution >= 0.6 is 11.8 Å². The topological polar surface area (TPSA) is 65.0 Å². The maximum Gasteiger partial charge on any atom is 0.189 e. The minimum atomic E-state index is 0.531. The van der Waals surface area contributed by atoms with Gasteiger partial charge in [0.15, 0.2) is 10.8 Å². The molecule has 0 aliphatic rings. The van der Waals surface area contributed by atoms with Crippen molar-refractivity contribution in [3.8, 4) is 11.4 Å². The Morgan fingerprint density at radius 2 is 2.24 bits per heavy atom. The number of thioether (sulfide) groups is 1. The smallest absolute Gasteiger partial charge is 0.189 e. The first-order valence-electron chi connectivity index (χ1n) is 6.51. The summed E-state index contributed by atoms with van der Waals surface area (Å²) < 4.78 is 12.5. The number of rotatable bonds is 6. The van der Waals surface area contributed by atoms with Crippen molar-refractivity contribution in [1.82, 2.24) is 19.7 Å².